The molecule has 0 amide bonds. The lowest BCUT2D eigenvalue weighted by Crippen LogP contribution is -2.51. The molecule has 0 aliphatic heterocycles. The first-order valence-electron chi connectivity index (χ1n) is 5.51. The van der Waals surface area contributed by atoms with Gasteiger partial charge in [-0.25, -0.2) is 0 Å². The molecule has 3 nitrogen and oxygen atoms in total. The maximum atomic E-state index is 13.2. The van der Waals surface area contributed by atoms with Crippen LogP contribution in [0.25, 0.3) is 0 Å². The van der Waals surface area contributed by atoms with Crippen LogP contribution in [0.2, 0.25) is 19.6 Å². The molecule has 0 spiro atoms. The summed E-state index contributed by atoms with van der Waals surface area (Å²) in [7, 11) is -2.48. The number of ether oxygens (including phenoxy) is 1. The van der Waals surface area contributed by atoms with E-state index in [1.807, 2.05) is 0 Å². The molecule has 0 radical (unpaired) electrons. The SMILES string of the molecule is CCO/C=C/C(CC#N)(O[Si](C)(C)C)C(F)(F)F. The molecule has 0 saturated heterocycles. The fraction of sp³-hybridized carbons (Fsp3) is 0.727. The molecular weight excluding hydrogens is 263 g/mol. The third-order valence-corrected chi connectivity index (χ3v) is 2.89. The van der Waals surface area contributed by atoms with E-state index in [9.17, 15) is 13.2 Å². The molecule has 7 heteroatoms. The first-order chi connectivity index (χ1) is 8.08. The number of halogens is 3. The topological polar surface area (TPSA) is 42.2 Å². The third-order valence-electron chi connectivity index (χ3n) is 1.91. The predicted molar refractivity (Wildman–Crippen MR) is 64.2 cm³/mol. The Morgan fingerprint density at radius 3 is 2.17 bits per heavy atom. The van der Waals surface area contributed by atoms with Gasteiger partial charge in [0, 0.05) is 0 Å². The van der Waals surface area contributed by atoms with Gasteiger partial charge in [-0.2, -0.15) is 18.4 Å². The quantitative estimate of drug-likeness (QED) is 0.552. The molecule has 18 heavy (non-hydrogen) atoms. The van der Waals surface area contributed by atoms with Crippen LogP contribution in [0.15, 0.2) is 12.3 Å². The number of hydrogen-bond acceptors (Lipinski definition) is 3. The van der Waals surface area contributed by atoms with E-state index in [0.29, 0.717) is 0 Å². The van der Waals surface area contributed by atoms with Crippen LogP contribution >= 0.6 is 0 Å². The summed E-state index contributed by atoms with van der Waals surface area (Å²) in [5, 5.41) is 8.63. The lowest BCUT2D eigenvalue weighted by molar-refractivity contribution is -0.230. The Balaban J connectivity index is 5.38. The second-order valence-electron chi connectivity index (χ2n) is 4.69. The average Bonchev–Trinajstić information content (AvgIpc) is 2.14. The summed E-state index contributed by atoms with van der Waals surface area (Å²) in [5.41, 5.74) is -2.58. The van der Waals surface area contributed by atoms with Crippen LogP contribution in [-0.4, -0.2) is 26.7 Å². The van der Waals surface area contributed by atoms with Gasteiger partial charge in [-0.15, -0.1) is 0 Å². The van der Waals surface area contributed by atoms with E-state index in [-0.39, 0.29) is 6.61 Å². The molecule has 104 valence electrons. The molecule has 0 fully saturated rings. The second-order valence-corrected chi connectivity index (χ2v) is 9.12. The van der Waals surface area contributed by atoms with Crippen LogP contribution in [-0.2, 0) is 9.16 Å². The van der Waals surface area contributed by atoms with Crippen molar-refractivity contribution in [2.24, 2.45) is 0 Å². The van der Waals surface area contributed by atoms with Crippen molar-refractivity contribution in [2.45, 2.75) is 44.8 Å². The van der Waals surface area contributed by atoms with Crippen LogP contribution in [0, 0.1) is 11.3 Å². The lowest BCUT2D eigenvalue weighted by atomic mass is 10.0. The summed E-state index contributed by atoms with van der Waals surface area (Å²) >= 11 is 0. The van der Waals surface area contributed by atoms with Crippen molar-refractivity contribution in [3.8, 4) is 6.07 Å². The Morgan fingerprint density at radius 1 is 1.28 bits per heavy atom. The molecule has 1 atom stereocenters. The van der Waals surface area contributed by atoms with Gasteiger partial charge in [0.1, 0.15) is 0 Å². The Bertz CT molecular complexity index is 331. The molecule has 0 aliphatic carbocycles. The van der Waals surface area contributed by atoms with Gasteiger partial charge < -0.3 is 9.16 Å². The van der Waals surface area contributed by atoms with Gasteiger partial charge in [-0.05, 0) is 32.6 Å². The summed E-state index contributed by atoms with van der Waals surface area (Å²) in [6, 6.07) is 1.54. The zero-order chi connectivity index (χ0) is 14.4. The molecule has 0 aromatic carbocycles. The smallest absolute Gasteiger partial charge is 0.421 e. The summed E-state index contributed by atoms with van der Waals surface area (Å²) in [5.74, 6) is 0. The molecule has 1 unspecified atom stereocenters. The van der Waals surface area contributed by atoms with Crippen molar-refractivity contribution in [3.63, 3.8) is 0 Å². The van der Waals surface area contributed by atoms with E-state index < -0.39 is 26.5 Å². The van der Waals surface area contributed by atoms with Crippen LogP contribution in [0.5, 0.6) is 0 Å². The van der Waals surface area contributed by atoms with Gasteiger partial charge in [0.05, 0.1) is 25.4 Å². The van der Waals surface area contributed by atoms with Crippen LogP contribution < -0.4 is 0 Å². The average molecular weight is 281 g/mol. The highest BCUT2D eigenvalue weighted by Crippen LogP contribution is 2.39. The van der Waals surface area contributed by atoms with E-state index in [1.165, 1.54) is 6.07 Å². The second kappa shape index (κ2) is 6.25. The van der Waals surface area contributed by atoms with E-state index in [0.717, 1.165) is 12.3 Å². The molecule has 0 heterocycles. The van der Waals surface area contributed by atoms with Crippen molar-refractivity contribution in [1.29, 1.82) is 5.26 Å². The Labute approximate surface area is 106 Å². The van der Waals surface area contributed by atoms with E-state index >= 15 is 0 Å². The van der Waals surface area contributed by atoms with Gasteiger partial charge in [0.25, 0.3) is 0 Å². The minimum Gasteiger partial charge on any atom is -0.502 e. The van der Waals surface area contributed by atoms with E-state index in [1.54, 1.807) is 26.6 Å². The highest BCUT2D eigenvalue weighted by Gasteiger charge is 2.56. The van der Waals surface area contributed by atoms with Crippen LogP contribution in [0.1, 0.15) is 13.3 Å². The first kappa shape index (κ1) is 17.0. The predicted octanol–water partition coefficient (Wildman–Crippen LogP) is 3.60. The van der Waals surface area contributed by atoms with Gasteiger partial charge in [0.2, 0.25) is 0 Å². The number of alkyl halides is 3. The van der Waals surface area contributed by atoms with Crippen LogP contribution in [0.4, 0.5) is 13.2 Å². The maximum absolute atomic E-state index is 13.2. The van der Waals surface area contributed by atoms with E-state index in [2.05, 4.69) is 0 Å². The molecule has 0 aliphatic rings. The highest BCUT2D eigenvalue weighted by molar-refractivity contribution is 6.69. The molecule has 0 N–H and O–H groups in total. The van der Waals surface area contributed by atoms with E-state index in [4.69, 9.17) is 14.4 Å². The largest absolute Gasteiger partial charge is 0.502 e. The fourth-order valence-electron chi connectivity index (χ4n) is 1.30. The number of rotatable bonds is 6. The molecule has 0 bridgehead atoms. The van der Waals surface area contributed by atoms with Crippen molar-refractivity contribution in [3.05, 3.63) is 12.3 Å². The molecule has 0 aromatic rings. The Morgan fingerprint density at radius 2 is 1.83 bits per heavy atom. The Kier molecular flexibility index (Phi) is 5.90. The standard InChI is InChI=1S/C11H18F3NO2Si/c1-5-16-9-7-10(6-8-15,11(12,13)14)17-18(2,3)4/h7,9H,5-6H2,1-4H3/b9-7+. The molecular formula is C11H18F3NO2Si. The lowest BCUT2D eigenvalue weighted by Gasteiger charge is -2.36. The van der Waals surface area contributed by atoms with Crippen molar-refractivity contribution >= 4 is 8.32 Å². The summed E-state index contributed by atoms with van der Waals surface area (Å²) in [6.07, 6.45) is -3.70. The normalized spacial score (nSPS) is 16.3. The van der Waals surface area contributed by atoms with Crippen LogP contribution in [0.3, 0.4) is 0 Å². The van der Waals surface area contributed by atoms with Gasteiger partial charge in [-0.3, -0.25) is 0 Å². The zero-order valence-electron chi connectivity index (χ0n) is 11.0. The minimum atomic E-state index is -4.66. The number of nitrogens with zero attached hydrogens (tertiary/aromatic N) is 1. The zero-order valence-corrected chi connectivity index (χ0v) is 12.0. The monoisotopic (exact) mass is 281 g/mol. The van der Waals surface area contributed by atoms with Gasteiger partial charge >= 0.3 is 6.18 Å². The summed E-state index contributed by atoms with van der Waals surface area (Å²) in [6.45, 7) is 6.82. The number of hydrogen-bond donors (Lipinski definition) is 0. The first-order valence-corrected chi connectivity index (χ1v) is 8.92. The summed E-state index contributed by atoms with van der Waals surface area (Å²) < 4.78 is 49.5. The molecule has 0 aromatic heterocycles. The van der Waals surface area contributed by atoms with Gasteiger partial charge in [0.15, 0.2) is 13.9 Å². The summed E-state index contributed by atoms with van der Waals surface area (Å²) in [4.78, 5) is 0. The van der Waals surface area contributed by atoms with Gasteiger partial charge in [-0.1, -0.05) is 0 Å². The Hall–Kier alpha value is -1.00. The molecule has 0 saturated carbocycles. The van der Waals surface area contributed by atoms with Crippen molar-refractivity contribution in [2.75, 3.05) is 6.61 Å². The highest BCUT2D eigenvalue weighted by atomic mass is 28.4. The number of nitriles is 1. The maximum Gasteiger partial charge on any atom is 0.421 e. The minimum absolute atomic E-state index is 0.254. The fourth-order valence-corrected chi connectivity index (χ4v) is 2.65. The van der Waals surface area contributed by atoms with Crippen molar-refractivity contribution in [1.82, 2.24) is 0 Å². The van der Waals surface area contributed by atoms with Crippen molar-refractivity contribution < 1.29 is 22.3 Å². The third kappa shape index (κ3) is 5.10. The molecule has 0 rings (SSSR count).